The molecule has 0 saturated carbocycles. The van der Waals surface area contributed by atoms with Gasteiger partial charge in [0.15, 0.2) is 0 Å². The van der Waals surface area contributed by atoms with E-state index in [9.17, 15) is 0 Å². The molecule has 1 unspecified atom stereocenters. The summed E-state index contributed by atoms with van der Waals surface area (Å²) in [5, 5.41) is 1.15. The lowest BCUT2D eigenvalue weighted by atomic mass is 10.1. The first kappa shape index (κ1) is 14.4. The predicted molar refractivity (Wildman–Crippen MR) is 69.2 cm³/mol. The van der Waals surface area contributed by atoms with Gasteiger partial charge in [0.1, 0.15) is 0 Å². The first-order chi connectivity index (χ1) is 6.74. The normalized spacial score (nSPS) is 13.5. The zero-order chi connectivity index (χ0) is 10.8. The molecule has 0 fully saturated rings. The van der Waals surface area contributed by atoms with Crippen molar-refractivity contribution in [2.75, 3.05) is 25.5 Å². The van der Waals surface area contributed by atoms with E-state index in [1.165, 1.54) is 45.2 Å². The fourth-order valence-electron chi connectivity index (χ4n) is 1.79. The van der Waals surface area contributed by atoms with Gasteiger partial charge in [-0.1, -0.05) is 49.0 Å². The maximum atomic E-state index is 3.60. The van der Waals surface area contributed by atoms with Gasteiger partial charge in [0, 0.05) is 11.9 Å². The standard InChI is InChI=1S/C12H26BrN/c1-4-6-7-9-14(3)11-12(10-13)8-5-2/h12H,4-11H2,1-3H3. The molecule has 0 aliphatic heterocycles. The van der Waals surface area contributed by atoms with Gasteiger partial charge in [-0.15, -0.1) is 0 Å². The molecule has 0 aromatic carbocycles. The molecule has 14 heavy (non-hydrogen) atoms. The van der Waals surface area contributed by atoms with E-state index in [-0.39, 0.29) is 0 Å². The Morgan fingerprint density at radius 2 is 1.86 bits per heavy atom. The van der Waals surface area contributed by atoms with Crippen molar-refractivity contribution in [3.05, 3.63) is 0 Å². The largest absolute Gasteiger partial charge is 0.306 e. The molecule has 2 heteroatoms. The number of unbranched alkanes of at least 4 members (excludes halogenated alkanes) is 2. The van der Waals surface area contributed by atoms with Crippen molar-refractivity contribution in [3.63, 3.8) is 0 Å². The van der Waals surface area contributed by atoms with Crippen LogP contribution in [-0.2, 0) is 0 Å². The van der Waals surface area contributed by atoms with Crippen LogP contribution in [0.4, 0.5) is 0 Å². The van der Waals surface area contributed by atoms with E-state index in [1.807, 2.05) is 0 Å². The molecule has 0 saturated heterocycles. The summed E-state index contributed by atoms with van der Waals surface area (Å²) in [5.41, 5.74) is 0. The monoisotopic (exact) mass is 263 g/mol. The second-order valence-electron chi connectivity index (χ2n) is 4.28. The molecule has 0 aliphatic carbocycles. The molecule has 0 amide bonds. The second-order valence-corrected chi connectivity index (χ2v) is 4.93. The summed E-state index contributed by atoms with van der Waals surface area (Å²) in [6, 6.07) is 0. The third kappa shape index (κ3) is 7.81. The maximum Gasteiger partial charge on any atom is 0.00718 e. The van der Waals surface area contributed by atoms with Crippen LogP contribution in [-0.4, -0.2) is 30.4 Å². The molecule has 1 atom stereocenters. The Morgan fingerprint density at radius 1 is 1.14 bits per heavy atom. The summed E-state index contributed by atoms with van der Waals surface area (Å²) in [5.74, 6) is 0.839. The molecule has 1 nitrogen and oxygen atoms in total. The zero-order valence-corrected chi connectivity index (χ0v) is 11.6. The summed E-state index contributed by atoms with van der Waals surface area (Å²) in [6.45, 7) is 7.05. The first-order valence-electron chi connectivity index (χ1n) is 5.99. The van der Waals surface area contributed by atoms with Crippen molar-refractivity contribution in [2.45, 2.75) is 46.0 Å². The van der Waals surface area contributed by atoms with Crippen LogP contribution in [0.25, 0.3) is 0 Å². The molecule has 0 aromatic rings. The third-order valence-electron chi connectivity index (χ3n) is 2.63. The molecule has 0 aliphatic rings. The number of hydrogen-bond donors (Lipinski definition) is 0. The Hall–Kier alpha value is 0.440. The van der Waals surface area contributed by atoms with Gasteiger partial charge in [0.05, 0.1) is 0 Å². The van der Waals surface area contributed by atoms with E-state index in [0.29, 0.717) is 0 Å². The lowest BCUT2D eigenvalue weighted by molar-refractivity contribution is 0.275. The third-order valence-corrected chi connectivity index (χ3v) is 3.54. The summed E-state index contributed by atoms with van der Waals surface area (Å²) < 4.78 is 0. The lowest BCUT2D eigenvalue weighted by Gasteiger charge is -2.22. The van der Waals surface area contributed by atoms with Gasteiger partial charge in [-0.2, -0.15) is 0 Å². The van der Waals surface area contributed by atoms with E-state index in [0.717, 1.165) is 11.2 Å². The summed E-state index contributed by atoms with van der Waals surface area (Å²) in [7, 11) is 2.25. The molecular formula is C12H26BrN. The van der Waals surface area contributed by atoms with Gasteiger partial charge < -0.3 is 4.90 Å². The Kier molecular flexibility index (Phi) is 10.3. The Balaban J connectivity index is 3.51. The molecule has 0 rings (SSSR count). The Bertz CT molecular complexity index is 117. The van der Waals surface area contributed by atoms with Crippen molar-refractivity contribution in [3.8, 4) is 0 Å². The van der Waals surface area contributed by atoms with Crippen LogP contribution in [0.1, 0.15) is 46.0 Å². The predicted octanol–water partition coefficient (Wildman–Crippen LogP) is 3.92. The number of halogens is 1. The van der Waals surface area contributed by atoms with Crippen LogP contribution in [0.3, 0.4) is 0 Å². The van der Waals surface area contributed by atoms with Crippen molar-refractivity contribution in [2.24, 2.45) is 5.92 Å². The van der Waals surface area contributed by atoms with Crippen LogP contribution in [0.2, 0.25) is 0 Å². The van der Waals surface area contributed by atoms with E-state index in [1.54, 1.807) is 0 Å². The van der Waals surface area contributed by atoms with Crippen LogP contribution in [0.15, 0.2) is 0 Å². The minimum absolute atomic E-state index is 0.839. The van der Waals surface area contributed by atoms with Crippen LogP contribution in [0.5, 0.6) is 0 Å². The molecule has 0 spiro atoms. The van der Waals surface area contributed by atoms with Gasteiger partial charge in [0.25, 0.3) is 0 Å². The van der Waals surface area contributed by atoms with Gasteiger partial charge >= 0.3 is 0 Å². The van der Waals surface area contributed by atoms with Gasteiger partial charge in [-0.05, 0) is 32.4 Å². The smallest absolute Gasteiger partial charge is 0.00718 e. The molecule has 0 N–H and O–H groups in total. The molecule has 0 aromatic heterocycles. The van der Waals surface area contributed by atoms with Crippen molar-refractivity contribution < 1.29 is 0 Å². The van der Waals surface area contributed by atoms with Crippen LogP contribution in [0, 0.1) is 5.92 Å². The summed E-state index contributed by atoms with van der Waals surface area (Å²) in [6.07, 6.45) is 6.71. The highest BCUT2D eigenvalue weighted by atomic mass is 79.9. The topological polar surface area (TPSA) is 3.24 Å². The Morgan fingerprint density at radius 3 is 2.36 bits per heavy atom. The first-order valence-corrected chi connectivity index (χ1v) is 7.11. The average Bonchev–Trinajstić information content (AvgIpc) is 2.17. The quantitative estimate of drug-likeness (QED) is 0.450. The van der Waals surface area contributed by atoms with Crippen LogP contribution < -0.4 is 0 Å². The number of nitrogens with zero attached hydrogens (tertiary/aromatic N) is 1. The minimum atomic E-state index is 0.839. The number of hydrogen-bond acceptors (Lipinski definition) is 1. The zero-order valence-electron chi connectivity index (χ0n) is 10.1. The highest BCUT2D eigenvalue weighted by Gasteiger charge is 2.08. The van der Waals surface area contributed by atoms with Crippen molar-refractivity contribution in [1.82, 2.24) is 4.90 Å². The number of rotatable bonds is 9. The van der Waals surface area contributed by atoms with Crippen molar-refractivity contribution >= 4 is 15.9 Å². The minimum Gasteiger partial charge on any atom is -0.306 e. The summed E-state index contributed by atoms with van der Waals surface area (Å²) in [4.78, 5) is 2.48. The Labute approximate surface area is 98.4 Å². The fraction of sp³-hybridized carbons (Fsp3) is 1.00. The van der Waals surface area contributed by atoms with Gasteiger partial charge in [-0.25, -0.2) is 0 Å². The van der Waals surface area contributed by atoms with Gasteiger partial charge in [0.2, 0.25) is 0 Å². The molecule has 86 valence electrons. The number of alkyl halides is 1. The van der Waals surface area contributed by atoms with E-state index in [4.69, 9.17) is 0 Å². The maximum absolute atomic E-state index is 3.60. The highest BCUT2D eigenvalue weighted by Crippen LogP contribution is 2.11. The molecular weight excluding hydrogens is 238 g/mol. The average molecular weight is 264 g/mol. The van der Waals surface area contributed by atoms with Gasteiger partial charge in [-0.3, -0.25) is 0 Å². The lowest BCUT2D eigenvalue weighted by Crippen LogP contribution is -2.27. The van der Waals surface area contributed by atoms with Crippen LogP contribution >= 0.6 is 15.9 Å². The van der Waals surface area contributed by atoms with E-state index in [2.05, 4.69) is 41.7 Å². The molecule has 0 heterocycles. The highest BCUT2D eigenvalue weighted by molar-refractivity contribution is 9.09. The summed E-state index contributed by atoms with van der Waals surface area (Å²) >= 11 is 3.60. The van der Waals surface area contributed by atoms with Crippen molar-refractivity contribution in [1.29, 1.82) is 0 Å². The molecule has 0 radical (unpaired) electrons. The second kappa shape index (κ2) is 9.97. The molecule has 0 bridgehead atoms. The van der Waals surface area contributed by atoms with E-state index < -0.39 is 0 Å². The fourth-order valence-corrected chi connectivity index (χ4v) is 2.32. The SMILES string of the molecule is CCCCCN(C)CC(CBr)CCC. The van der Waals surface area contributed by atoms with E-state index >= 15 is 0 Å².